The largest absolute Gasteiger partial charge is 0.496 e. The van der Waals surface area contributed by atoms with Gasteiger partial charge in [0.2, 0.25) is 0 Å². The minimum absolute atomic E-state index is 0.0193. The Kier molecular flexibility index (Phi) is 6.07. The van der Waals surface area contributed by atoms with Crippen molar-refractivity contribution in [2.24, 2.45) is 0 Å². The first kappa shape index (κ1) is 18.4. The van der Waals surface area contributed by atoms with E-state index in [1.54, 1.807) is 12.1 Å². The molecule has 8 nitrogen and oxygen atoms in total. The van der Waals surface area contributed by atoms with E-state index in [4.69, 9.17) is 9.47 Å². The van der Waals surface area contributed by atoms with Crippen LogP contribution in [0.4, 0.5) is 11.4 Å². The fourth-order valence-electron chi connectivity index (χ4n) is 1.97. The Morgan fingerprint density at radius 2 is 2.08 bits per heavy atom. The van der Waals surface area contributed by atoms with Gasteiger partial charge in [-0.1, -0.05) is 15.9 Å². The first-order valence-corrected chi connectivity index (χ1v) is 7.73. The second-order valence-corrected chi connectivity index (χ2v) is 5.69. The van der Waals surface area contributed by atoms with E-state index < -0.39 is 17.4 Å². The molecule has 1 amide bonds. The number of nitrogens with zero attached hydrogens (tertiary/aromatic N) is 1. The minimum Gasteiger partial charge on any atom is -0.496 e. The lowest BCUT2D eigenvalue weighted by atomic mass is 10.2. The predicted octanol–water partition coefficient (Wildman–Crippen LogP) is 3.20. The molecular weight excluding hydrogens is 396 g/mol. The van der Waals surface area contributed by atoms with Crippen LogP contribution in [0.2, 0.25) is 0 Å². The number of nitro benzene ring substituents is 1. The summed E-state index contributed by atoms with van der Waals surface area (Å²) in [5.74, 6) is -0.0722. The number of hydrogen-bond donors (Lipinski definition) is 1. The van der Waals surface area contributed by atoms with E-state index in [-0.39, 0.29) is 22.7 Å². The second kappa shape index (κ2) is 8.25. The van der Waals surface area contributed by atoms with E-state index in [9.17, 15) is 19.7 Å². The standard InChI is InChI=1S/C16H13BrN2O6/c1-24-12-3-4-13(14(7-12)19(22)23)18-16(21)9-25-15-5-2-11(17)6-10(15)8-20/h2-8H,9H2,1H3,(H,18,21). The lowest BCUT2D eigenvalue weighted by Crippen LogP contribution is -2.21. The highest BCUT2D eigenvalue weighted by Gasteiger charge is 2.17. The molecule has 0 aliphatic heterocycles. The number of aldehydes is 1. The molecule has 0 unspecified atom stereocenters. The first-order valence-electron chi connectivity index (χ1n) is 6.94. The third-order valence-corrected chi connectivity index (χ3v) is 3.63. The highest BCUT2D eigenvalue weighted by Crippen LogP contribution is 2.29. The molecule has 0 aliphatic rings. The fourth-order valence-corrected chi connectivity index (χ4v) is 2.35. The van der Waals surface area contributed by atoms with Gasteiger partial charge in [-0.05, 0) is 30.3 Å². The molecule has 0 atom stereocenters. The number of hydrogen-bond acceptors (Lipinski definition) is 6. The molecule has 25 heavy (non-hydrogen) atoms. The van der Waals surface area contributed by atoms with Crippen LogP contribution in [0.5, 0.6) is 11.5 Å². The number of ether oxygens (including phenoxy) is 2. The first-order chi connectivity index (χ1) is 11.9. The Morgan fingerprint density at radius 3 is 2.72 bits per heavy atom. The van der Waals surface area contributed by atoms with Gasteiger partial charge in [-0.3, -0.25) is 19.7 Å². The third kappa shape index (κ3) is 4.77. The van der Waals surface area contributed by atoms with Gasteiger partial charge in [0.1, 0.15) is 17.2 Å². The Morgan fingerprint density at radius 1 is 1.32 bits per heavy atom. The van der Waals surface area contributed by atoms with Gasteiger partial charge < -0.3 is 14.8 Å². The average molecular weight is 409 g/mol. The molecule has 0 aromatic heterocycles. The van der Waals surface area contributed by atoms with Gasteiger partial charge in [0, 0.05) is 4.47 Å². The monoisotopic (exact) mass is 408 g/mol. The van der Waals surface area contributed by atoms with Gasteiger partial charge in [0.15, 0.2) is 12.9 Å². The van der Waals surface area contributed by atoms with Gasteiger partial charge in [0.25, 0.3) is 11.6 Å². The van der Waals surface area contributed by atoms with E-state index in [1.807, 2.05) is 0 Å². The Balaban J connectivity index is 2.08. The number of halogens is 1. The van der Waals surface area contributed by atoms with Gasteiger partial charge in [-0.15, -0.1) is 0 Å². The van der Waals surface area contributed by atoms with E-state index in [0.29, 0.717) is 16.5 Å². The van der Waals surface area contributed by atoms with Crippen LogP contribution in [0.25, 0.3) is 0 Å². The van der Waals surface area contributed by atoms with E-state index in [2.05, 4.69) is 21.2 Å². The number of methoxy groups -OCH3 is 1. The second-order valence-electron chi connectivity index (χ2n) is 4.78. The molecule has 0 saturated heterocycles. The van der Waals surface area contributed by atoms with Crippen molar-refractivity contribution >= 4 is 39.5 Å². The third-order valence-electron chi connectivity index (χ3n) is 3.13. The zero-order chi connectivity index (χ0) is 18.4. The van der Waals surface area contributed by atoms with Crippen LogP contribution < -0.4 is 14.8 Å². The van der Waals surface area contributed by atoms with Crippen molar-refractivity contribution in [1.29, 1.82) is 0 Å². The fraction of sp³-hybridized carbons (Fsp3) is 0.125. The summed E-state index contributed by atoms with van der Waals surface area (Å²) < 4.78 is 10.9. The average Bonchev–Trinajstić information content (AvgIpc) is 2.60. The zero-order valence-corrected chi connectivity index (χ0v) is 14.6. The molecular formula is C16H13BrN2O6. The summed E-state index contributed by atoms with van der Waals surface area (Å²) in [6.07, 6.45) is 0.603. The lowest BCUT2D eigenvalue weighted by molar-refractivity contribution is -0.384. The maximum Gasteiger partial charge on any atom is 0.296 e. The number of nitrogens with one attached hydrogen (secondary N) is 1. The summed E-state index contributed by atoms with van der Waals surface area (Å²) in [6.45, 7) is -0.411. The van der Waals surface area contributed by atoms with Crippen molar-refractivity contribution in [2.75, 3.05) is 19.0 Å². The van der Waals surface area contributed by atoms with Crippen molar-refractivity contribution in [2.45, 2.75) is 0 Å². The Labute approximate surface area is 151 Å². The minimum atomic E-state index is -0.627. The molecule has 0 saturated carbocycles. The molecule has 2 aromatic carbocycles. The Hall–Kier alpha value is -2.94. The molecule has 2 rings (SSSR count). The number of anilines is 1. The molecule has 0 bridgehead atoms. The van der Waals surface area contributed by atoms with Crippen molar-refractivity contribution < 1.29 is 24.0 Å². The quantitative estimate of drug-likeness (QED) is 0.428. The molecule has 9 heteroatoms. The maximum absolute atomic E-state index is 12.0. The van der Waals surface area contributed by atoms with Crippen LogP contribution >= 0.6 is 15.9 Å². The number of nitro groups is 1. The number of carbonyl (C=O) groups excluding carboxylic acids is 2. The maximum atomic E-state index is 12.0. The van der Waals surface area contributed by atoms with Crippen molar-refractivity contribution in [3.05, 3.63) is 56.5 Å². The molecule has 0 aliphatic carbocycles. The summed E-state index contributed by atoms with van der Waals surface area (Å²) in [5.41, 5.74) is -0.00616. The SMILES string of the molecule is COc1ccc(NC(=O)COc2ccc(Br)cc2C=O)c([N+](=O)[O-])c1. The van der Waals surface area contributed by atoms with Gasteiger partial charge in [-0.2, -0.15) is 0 Å². The van der Waals surface area contributed by atoms with E-state index in [0.717, 1.165) is 0 Å². The predicted molar refractivity (Wildman–Crippen MR) is 93.3 cm³/mol. The number of amides is 1. The van der Waals surface area contributed by atoms with Crippen LogP contribution in [-0.2, 0) is 4.79 Å². The van der Waals surface area contributed by atoms with Crippen molar-refractivity contribution in [1.82, 2.24) is 0 Å². The van der Waals surface area contributed by atoms with Crippen LogP contribution in [0.15, 0.2) is 40.9 Å². The van der Waals surface area contributed by atoms with Gasteiger partial charge >= 0.3 is 0 Å². The zero-order valence-electron chi connectivity index (χ0n) is 13.0. The number of rotatable bonds is 7. The molecule has 130 valence electrons. The highest BCUT2D eigenvalue weighted by atomic mass is 79.9. The van der Waals surface area contributed by atoms with Crippen LogP contribution in [0.1, 0.15) is 10.4 Å². The lowest BCUT2D eigenvalue weighted by Gasteiger charge is -2.10. The van der Waals surface area contributed by atoms with Crippen LogP contribution in [0, 0.1) is 10.1 Å². The van der Waals surface area contributed by atoms with Gasteiger partial charge in [0.05, 0.1) is 23.7 Å². The molecule has 0 spiro atoms. The molecule has 0 radical (unpaired) electrons. The van der Waals surface area contributed by atoms with Gasteiger partial charge in [-0.25, -0.2) is 0 Å². The number of carbonyl (C=O) groups is 2. The summed E-state index contributed by atoms with van der Waals surface area (Å²) >= 11 is 3.23. The van der Waals surface area contributed by atoms with Crippen LogP contribution in [0.3, 0.4) is 0 Å². The molecule has 1 N–H and O–H groups in total. The van der Waals surface area contributed by atoms with Crippen LogP contribution in [-0.4, -0.2) is 30.8 Å². The smallest absolute Gasteiger partial charge is 0.296 e. The van der Waals surface area contributed by atoms with E-state index >= 15 is 0 Å². The summed E-state index contributed by atoms with van der Waals surface area (Å²) in [4.78, 5) is 33.5. The Bertz CT molecular complexity index is 824. The molecule has 2 aromatic rings. The topological polar surface area (TPSA) is 108 Å². The highest BCUT2D eigenvalue weighted by molar-refractivity contribution is 9.10. The molecule has 0 fully saturated rings. The van der Waals surface area contributed by atoms with E-state index in [1.165, 1.54) is 31.4 Å². The normalized spacial score (nSPS) is 10.0. The summed E-state index contributed by atoms with van der Waals surface area (Å²) in [5, 5.41) is 13.5. The molecule has 0 heterocycles. The summed E-state index contributed by atoms with van der Waals surface area (Å²) in [7, 11) is 1.38. The van der Waals surface area contributed by atoms with Crippen molar-refractivity contribution in [3.63, 3.8) is 0 Å². The number of benzene rings is 2. The van der Waals surface area contributed by atoms with Crippen molar-refractivity contribution in [3.8, 4) is 11.5 Å². The summed E-state index contributed by atoms with van der Waals surface area (Å²) in [6, 6.07) is 8.81.